The fraction of sp³-hybridized carbons (Fsp3) is 0.433. The number of nitrogens with one attached hydrogen (secondary N) is 2. The molecule has 1 aliphatic carbocycles. The van der Waals surface area contributed by atoms with E-state index in [0.717, 1.165) is 32.7 Å². The van der Waals surface area contributed by atoms with E-state index < -0.39 is 5.82 Å². The van der Waals surface area contributed by atoms with Crippen LogP contribution < -0.4 is 15.4 Å². The second-order valence-corrected chi connectivity index (χ2v) is 11.2. The van der Waals surface area contributed by atoms with Crippen LogP contribution in [0.2, 0.25) is 5.02 Å². The van der Waals surface area contributed by atoms with Crippen molar-refractivity contribution in [2.24, 2.45) is 17.8 Å². The van der Waals surface area contributed by atoms with Gasteiger partial charge in [-0.2, -0.15) is 0 Å². The smallest absolute Gasteiger partial charge is 0.248 e. The lowest BCUT2D eigenvalue weighted by Gasteiger charge is -2.16. The zero-order chi connectivity index (χ0) is 29.1. The SMILES string of the molecule is O=C(C=CCN1CCC(OCCO)C1)Nc1cc2c(Nc3ccc(F)c(Cl)c3)ncnc2cc1OCC1C2COCC21. The van der Waals surface area contributed by atoms with Crippen molar-refractivity contribution >= 4 is 45.6 Å². The quantitative estimate of drug-likeness (QED) is 0.266. The van der Waals surface area contributed by atoms with Crippen LogP contribution in [0.1, 0.15) is 6.42 Å². The van der Waals surface area contributed by atoms with E-state index in [1.54, 1.807) is 18.2 Å². The van der Waals surface area contributed by atoms with E-state index in [9.17, 15) is 9.18 Å². The number of benzene rings is 2. The number of aliphatic hydroxyl groups is 1. The molecule has 3 aliphatic rings. The first kappa shape index (κ1) is 28.8. The number of aliphatic hydroxyl groups excluding tert-OH is 1. The maximum atomic E-state index is 13.7. The monoisotopic (exact) mass is 597 g/mol. The molecular formula is C30H33ClFN5O5. The molecule has 2 aromatic carbocycles. The summed E-state index contributed by atoms with van der Waals surface area (Å²) in [6.45, 7) is 4.66. The minimum atomic E-state index is -0.513. The Hall–Kier alpha value is -3.35. The number of anilines is 3. The van der Waals surface area contributed by atoms with Crippen molar-refractivity contribution in [3.63, 3.8) is 0 Å². The number of hydrogen-bond donors (Lipinski definition) is 3. The van der Waals surface area contributed by atoms with Gasteiger partial charge in [0.25, 0.3) is 0 Å². The minimum Gasteiger partial charge on any atom is -0.491 e. The fourth-order valence-electron chi connectivity index (χ4n) is 5.70. The van der Waals surface area contributed by atoms with Crippen LogP contribution in [-0.4, -0.2) is 84.7 Å². The molecule has 3 heterocycles. The first-order chi connectivity index (χ1) is 20.5. The summed E-state index contributed by atoms with van der Waals surface area (Å²) in [6, 6.07) is 7.90. The molecule has 2 aliphatic heterocycles. The molecule has 10 nitrogen and oxygen atoms in total. The zero-order valence-electron chi connectivity index (χ0n) is 23.0. The van der Waals surface area contributed by atoms with E-state index in [2.05, 4.69) is 25.5 Å². The Morgan fingerprint density at radius 2 is 2.10 bits per heavy atom. The van der Waals surface area contributed by atoms with Crippen molar-refractivity contribution in [3.05, 3.63) is 59.7 Å². The summed E-state index contributed by atoms with van der Waals surface area (Å²) in [5.41, 5.74) is 1.67. The van der Waals surface area contributed by atoms with Crippen LogP contribution >= 0.6 is 11.6 Å². The summed E-state index contributed by atoms with van der Waals surface area (Å²) in [7, 11) is 0. The molecule has 1 saturated carbocycles. The van der Waals surface area contributed by atoms with Crippen molar-refractivity contribution in [3.8, 4) is 5.75 Å². The molecule has 6 rings (SSSR count). The van der Waals surface area contributed by atoms with Gasteiger partial charge in [0.05, 0.1) is 55.4 Å². The lowest BCUT2D eigenvalue weighted by molar-refractivity contribution is -0.111. The molecule has 3 N–H and O–H groups in total. The number of ether oxygens (including phenoxy) is 3. The highest BCUT2D eigenvalue weighted by Gasteiger charge is 2.54. The van der Waals surface area contributed by atoms with Crippen LogP contribution in [0.4, 0.5) is 21.6 Å². The number of fused-ring (bicyclic) bond motifs is 2. The van der Waals surface area contributed by atoms with Gasteiger partial charge in [0.1, 0.15) is 23.7 Å². The maximum Gasteiger partial charge on any atom is 0.248 e. The largest absolute Gasteiger partial charge is 0.491 e. The summed E-state index contributed by atoms with van der Waals surface area (Å²) in [5, 5.41) is 15.7. The Morgan fingerprint density at radius 1 is 1.24 bits per heavy atom. The van der Waals surface area contributed by atoms with Gasteiger partial charge in [-0.05, 0) is 42.5 Å². The Bertz CT molecular complexity index is 1470. The molecule has 0 radical (unpaired) electrons. The molecule has 0 bridgehead atoms. The molecule has 3 unspecified atom stereocenters. The summed E-state index contributed by atoms with van der Waals surface area (Å²) in [6.07, 6.45) is 5.77. The summed E-state index contributed by atoms with van der Waals surface area (Å²) in [5.74, 6) is 1.70. The van der Waals surface area contributed by atoms with Crippen molar-refractivity contribution in [2.75, 3.05) is 63.3 Å². The molecule has 2 saturated heterocycles. The molecule has 1 aromatic heterocycles. The molecule has 3 fully saturated rings. The topological polar surface area (TPSA) is 118 Å². The van der Waals surface area contributed by atoms with Crippen LogP contribution in [0, 0.1) is 23.6 Å². The van der Waals surface area contributed by atoms with Crippen LogP contribution in [-0.2, 0) is 14.3 Å². The first-order valence-corrected chi connectivity index (χ1v) is 14.5. The van der Waals surface area contributed by atoms with E-state index in [4.69, 9.17) is 30.9 Å². The molecule has 222 valence electrons. The number of carbonyl (C=O) groups is 1. The third-order valence-electron chi connectivity index (χ3n) is 8.04. The van der Waals surface area contributed by atoms with E-state index in [0.29, 0.717) is 71.4 Å². The average molecular weight is 598 g/mol. The van der Waals surface area contributed by atoms with Gasteiger partial charge in [0, 0.05) is 48.8 Å². The molecule has 3 atom stereocenters. The summed E-state index contributed by atoms with van der Waals surface area (Å²) >= 11 is 5.97. The molecule has 42 heavy (non-hydrogen) atoms. The lowest BCUT2D eigenvalue weighted by atomic mass is 10.1. The minimum absolute atomic E-state index is 0.00818. The van der Waals surface area contributed by atoms with Gasteiger partial charge in [-0.1, -0.05) is 17.7 Å². The second kappa shape index (κ2) is 12.9. The highest BCUT2D eigenvalue weighted by Crippen LogP contribution is 2.51. The molecular weight excluding hydrogens is 565 g/mol. The molecule has 12 heteroatoms. The predicted octanol–water partition coefficient (Wildman–Crippen LogP) is 4.02. The fourth-order valence-corrected chi connectivity index (χ4v) is 5.89. The number of hydrogen-bond acceptors (Lipinski definition) is 9. The number of nitrogens with zero attached hydrogens (tertiary/aromatic N) is 3. The number of aromatic nitrogens is 2. The number of likely N-dealkylation sites (tertiary alicyclic amines) is 1. The maximum absolute atomic E-state index is 13.7. The number of amides is 1. The number of rotatable bonds is 12. The van der Waals surface area contributed by atoms with Gasteiger partial charge in [-0.15, -0.1) is 0 Å². The standard InChI is InChI=1S/C30H33ClFN5O5/c31-24-10-18(3-4-25(24)32)35-30-20-11-27(36-29(39)2-1-6-37-7-5-19(13-37)41-9-8-38)28(12-26(20)33-17-34-30)42-16-23-21-14-40-15-22(21)23/h1-4,10-12,17,19,21-23,38H,5-9,13-16H2,(H,36,39)(H,33,34,35). The molecule has 3 aromatic rings. The Kier molecular flexibility index (Phi) is 8.82. The third kappa shape index (κ3) is 6.66. The van der Waals surface area contributed by atoms with Gasteiger partial charge in [0.2, 0.25) is 5.91 Å². The van der Waals surface area contributed by atoms with Crippen molar-refractivity contribution in [1.29, 1.82) is 0 Å². The number of halogens is 2. The Labute approximate surface area is 247 Å². The lowest BCUT2D eigenvalue weighted by Crippen LogP contribution is -2.24. The van der Waals surface area contributed by atoms with Crippen molar-refractivity contribution in [2.45, 2.75) is 12.5 Å². The summed E-state index contributed by atoms with van der Waals surface area (Å²) in [4.78, 5) is 24.0. The predicted molar refractivity (Wildman–Crippen MR) is 157 cm³/mol. The van der Waals surface area contributed by atoms with Gasteiger partial charge in [-0.3, -0.25) is 9.69 Å². The highest BCUT2D eigenvalue weighted by molar-refractivity contribution is 6.31. The Balaban J connectivity index is 1.18. The first-order valence-electron chi connectivity index (χ1n) is 14.1. The van der Waals surface area contributed by atoms with Crippen molar-refractivity contribution in [1.82, 2.24) is 14.9 Å². The van der Waals surface area contributed by atoms with Gasteiger partial charge in [0.15, 0.2) is 0 Å². The van der Waals surface area contributed by atoms with E-state index in [-0.39, 0.29) is 23.6 Å². The Morgan fingerprint density at radius 3 is 2.90 bits per heavy atom. The zero-order valence-corrected chi connectivity index (χ0v) is 23.7. The van der Waals surface area contributed by atoms with Crippen LogP contribution in [0.3, 0.4) is 0 Å². The van der Waals surface area contributed by atoms with Gasteiger partial charge < -0.3 is 30.0 Å². The van der Waals surface area contributed by atoms with E-state index in [1.807, 2.05) is 6.08 Å². The highest BCUT2D eigenvalue weighted by atomic mass is 35.5. The van der Waals surface area contributed by atoms with Crippen LogP contribution in [0.25, 0.3) is 10.9 Å². The van der Waals surface area contributed by atoms with Crippen molar-refractivity contribution < 1.29 is 28.5 Å². The van der Waals surface area contributed by atoms with E-state index in [1.165, 1.54) is 24.5 Å². The van der Waals surface area contributed by atoms with Gasteiger partial charge >= 0.3 is 0 Å². The van der Waals surface area contributed by atoms with Gasteiger partial charge in [-0.25, -0.2) is 14.4 Å². The average Bonchev–Trinajstić information content (AvgIpc) is 3.30. The van der Waals surface area contributed by atoms with Crippen LogP contribution in [0.15, 0.2) is 48.8 Å². The summed E-state index contributed by atoms with van der Waals surface area (Å²) < 4.78 is 31.0. The molecule has 0 spiro atoms. The number of carbonyl (C=O) groups excluding carboxylic acids is 1. The second-order valence-electron chi connectivity index (χ2n) is 10.8. The van der Waals surface area contributed by atoms with E-state index >= 15 is 0 Å². The normalized spacial score (nSPS) is 23.4. The van der Waals surface area contributed by atoms with Crippen LogP contribution in [0.5, 0.6) is 5.75 Å². The third-order valence-corrected chi connectivity index (χ3v) is 8.33. The molecule has 1 amide bonds.